The van der Waals surface area contributed by atoms with Crippen LogP contribution in [0.15, 0.2) is 12.1 Å². The van der Waals surface area contributed by atoms with E-state index < -0.39 is 5.97 Å². The lowest BCUT2D eigenvalue weighted by Gasteiger charge is -2.04. The second-order valence-corrected chi connectivity index (χ2v) is 3.05. The molecule has 76 valence electrons. The molecule has 0 aromatic carbocycles. The Hall–Kier alpha value is -1.58. The molecule has 0 saturated carbocycles. The first-order chi connectivity index (χ1) is 6.61. The quantitative estimate of drug-likeness (QED) is 0.789. The molecule has 4 heteroatoms. The number of ether oxygens (including phenoxy) is 1. The molecule has 0 radical (unpaired) electrons. The van der Waals surface area contributed by atoms with Gasteiger partial charge in [-0.25, -0.2) is 4.98 Å². The normalized spacial score (nSPS) is 9.86. The maximum atomic E-state index is 10.4. The first-order valence-electron chi connectivity index (χ1n) is 4.35. The molecule has 0 spiro atoms. The molecule has 0 unspecified atom stereocenters. The van der Waals surface area contributed by atoms with Crippen molar-refractivity contribution in [2.24, 2.45) is 0 Å². The third kappa shape index (κ3) is 3.05. The molecule has 0 atom stereocenters. The molecule has 0 bridgehead atoms. The summed E-state index contributed by atoms with van der Waals surface area (Å²) < 4.78 is 4.98. The highest BCUT2D eigenvalue weighted by atomic mass is 16.5. The highest BCUT2D eigenvalue weighted by Crippen LogP contribution is 2.13. The number of carboxylic acid groups (broad SMARTS) is 1. The topological polar surface area (TPSA) is 59.4 Å². The molecule has 0 fully saturated rings. The van der Waals surface area contributed by atoms with Gasteiger partial charge in [-0.1, -0.05) is 0 Å². The predicted molar refractivity (Wildman–Crippen MR) is 51.5 cm³/mol. The Kier molecular flexibility index (Phi) is 3.45. The van der Waals surface area contributed by atoms with Gasteiger partial charge in [0.15, 0.2) is 0 Å². The number of hydrogen-bond acceptors (Lipinski definition) is 3. The average molecular weight is 195 g/mol. The van der Waals surface area contributed by atoms with Gasteiger partial charge in [-0.15, -0.1) is 0 Å². The van der Waals surface area contributed by atoms with Crippen molar-refractivity contribution in [2.45, 2.75) is 19.8 Å². The summed E-state index contributed by atoms with van der Waals surface area (Å²) in [6, 6.07) is 3.63. The second kappa shape index (κ2) is 4.60. The van der Waals surface area contributed by atoms with Crippen LogP contribution in [0.5, 0.6) is 5.88 Å². The molecule has 0 amide bonds. The van der Waals surface area contributed by atoms with Gasteiger partial charge in [0.05, 0.1) is 7.11 Å². The maximum Gasteiger partial charge on any atom is 0.303 e. The van der Waals surface area contributed by atoms with E-state index in [0.29, 0.717) is 12.3 Å². The van der Waals surface area contributed by atoms with Gasteiger partial charge in [-0.05, 0) is 25.0 Å². The minimum atomic E-state index is -0.793. The molecule has 0 aliphatic rings. The van der Waals surface area contributed by atoms with E-state index in [2.05, 4.69) is 4.98 Å². The molecule has 4 nitrogen and oxygen atoms in total. The standard InChI is InChI=1S/C10H13NO3/c1-7-5-8(3-4-10(12)13)6-9(11-7)14-2/h5-6H,3-4H2,1-2H3,(H,12,13). The Morgan fingerprint density at radius 1 is 1.57 bits per heavy atom. The average Bonchev–Trinajstić information content (AvgIpc) is 2.14. The van der Waals surface area contributed by atoms with Crippen LogP contribution in [0.1, 0.15) is 17.7 Å². The van der Waals surface area contributed by atoms with Gasteiger partial charge in [0.2, 0.25) is 5.88 Å². The molecule has 1 heterocycles. The molecule has 0 aliphatic heterocycles. The van der Waals surface area contributed by atoms with E-state index in [0.717, 1.165) is 11.3 Å². The highest BCUT2D eigenvalue weighted by molar-refractivity contribution is 5.67. The number of methoxy groups -OCH3 is 1. The molecular formula is C10H13NO3. The highest BCUT2D eigenvalue weighted by Gasteiger charge is 2.02. The van der Waals surface area contributed by atoms with E-state index in [1.807, 2.05) is 13.0 Å². The van der Waals surface area contributed by atoms with Crippen LogP contribution in [0, 0.1) is 6.92 Å². The van der Waals surface area contributed by atoms with Crippen molar-refractivity contribution >= 4 is 5.97 Å². The SMILES string of the molecule is COc1cc(CCC(=O)O)cc(C)n1. The van der Waals surface area contributed by atoms with E-state index in [1.54, 1.807) is 13.2 Å². The number of aromatic nitrogens is 1. The molecule has 1 rings (SSSR count). The van der Waals surface area contributed by atoms with E-state index in [1.165, 1.54) is 0 Å². The minimum Gasteiger partial charge on any atom is -0.481 e. The van der Waals surface area contributed by atoms with Crippen LogP contribution in [-0.4, -0.2) is 23.2 Å². The molecule has 0 saturated heterocycles. The summed E-state index contributed by atoms with van der Waals surface area (Å²) in [4.78, 5) is 14.5. The summed E-state index contributed by atoms with van der Waals surface area (Å²) in [6.07, 6.45) is 0.641. The number of hydrogen-bond donors (Lipinski definition) is 1. The Morgan fingerprint density at radius 2 is 2.29 bits per heavy atom. The largest absolute Gasteiger partial charge is 0.481 e. The van der Waals surface area contributed by atoms with Gasteiger partial charge in [-0.2, -0.15) is 0 Å². The minimum absolute atomic E-state index is 0.132. The lowest BCUT2D eigenvalue weighted by atomic mass is 10.1. The zero-order chi connectivity index (χ0) is 10.6. The Bertz CT molecular complexity index is 336. The van der Waals surface area contributed by atoms with Crippen LogP contribution in [-0.2, 0) is 11.2 Å². The van der Waals surface area contributed by atoms with Gasteiger partial charge < -0.3 is 9.84 Å². The number of aryl methyl sites for hydroxylation is 2. The maximum absolute atomic E-state index is 10.4. The summed E-state index contributed by atoms with van der Waals surface area (Å²) in [7, 11) is 1.54. The summed E-state index contributed by atoms with van der Waals surface area (Å²) in [5, 5.41) is 8.52. The third-order valence-corrected chi connectivity index (χ3v) is 1.83. The van der Waals surface area contributed by atoms with Gasteiger partial charge in [0.25, 0.3) is 0 Å². The van der Waals surface area contributed by atoms with Crippen molar-refractivity contribution in [1.82, 2.24) is 4.98 Å². The summed E-state index contributed by atoms with van der Waals surface area (Å²) >= 11 is 0. The van der Waals surface area contributed by atoms with Crippen LogP contribution < -0.4 is 4.74 Å². The van der Waals surface area contributed by atoms with Gasteiger partial charge in [0.1, 0.15) is 0 Å². The number of carboxylic acids is 1. The second-order valence-electron chi connectivity index (χ2n) is 3.05. The number of pyridine rings is 1. The van der Waals surface area contributed by atoms with Crippen LogP contribution in [0.2, 0.25) is 0 Å². The zero-order valence-corrected chi connectivity index (χ0v) is 8.28. The van der Waals surface area contributed by atoms with Gasteiger partial charge >= 0.3 is 5.97 Å². The fourth-order valence-corrected chi connectivity index (χ4v) is 1.21. The molecule has 1 aromatic heterocycles. The van der Waals surface area contributed by atoms with Crippen molar-refractivity contribution in [3.05, 3.63) is 23.4 Å². The summed E-state index contributed by atoms with van der Waals surface area (Å²) in [5.41, 5.74) is 1.78. The fraction of sp³-hybridized carbons (Fsp3) is 0.400. The van der Waals surface area contributed by atoms with Gasteiger partial charge in [-0.3, -0.25) is 4.79 Å². The molecule has 1 N–H and O–H groups in total. The van der Waals surface area contributed by atoms with E-state index in [-0.39, 0.29) is 6.42 Å². The number of carbonyl (C=O) groups is 1. The summed E-state index contributed by atoms with van der Waals surface area (Å²) in [5.74, 6) is -0.260. The Morgan fingerprint density at radius 3 is 2.86 bits per heavy atom. The fourth-order valence-electron chi connectivity index (χ4n) is 1.21. The molecule has 1 aromatic rings. The first kappa shape index (κ1) is 10.5. The zero-order valence-electron chi connectivity index (χ0n) is 8.28. The number of rotatable bonds is 4. The molecular weight excluding hydrogens is 182 g/mol. The third-order valence-electron chi connectivity index (χ3n) is 1.83. The molecule has 14 heavy (non-hydrogen) atoms. The monoisotopic (exact) mass is 195 g/mol. The molecule has 0 aliphatic carbocycles. The number of aliphatic carboxylic acids is 1. The van der Waals surface area contributed by atoms with Gasteiger partial charge in [0, 0.05) is 18.2 Å². The van der Waals surface area contributed by atoms with Crippen molar-refractivity contribution in [3.63, 3.8) is 0 Å². The lowest BCUT2D eigenvalue weighted by molar-refractivity contribution is -0.136. The lowest BCUT2D eigenvalue weighted by Crippen LogP contribution is -1.99. The Labute approximate surface area is 82.5 Å². The van der Waals surface area contributed by atoms with E-state index >= 15 is 0 Å². The van der Waals surface area contributed by atoms with Crippen molar-refractivity contribution in [1.29, 1.82) is 0 Å². The predicted octanol–water partition coefficient (Wildman–Crippen LogP) is 1.42. The van der Waals surface area contributed by atoms with Crippen molar-refractivity contribution in [3.8, 4) is 5.88 Å². The van der Waals surface area contributed by atoms with Crippen molar-refractivity contribution < 1.29 is 14.6 Å². The Balaban J connectivity index is 2.76. The van der Waals surface area contributed by atoms with E-state index in [4.69, 9.17) is 9.84 Å². The smallest absolute Gasteiger partial charge is 0.303 e. The van der Waals surface area contributed by atoms with Crippen LogP contribution in [0.25, 0.3) is 0 Å². The summed E-state index contributed by atoms with van der Waals surface area (Å²) in [6.45, 7) is 1.85. The van der Waals surface area contributed by atoms with Crippen LogP contribution in [0.3, 0.4) is 0 Å². The van der Waals surface area contributed by atoms with Crippen LogP contribution >= 0.6 is 0 Å². The van der Waals surface area contributed by atoms with Crippen molar-refractivity contribution in [2.75, 3.05) is 7.11 Å². The van der Waals surface area contributed by atoms with Crippen LogP contribution in [0.4, 0.5) is 0 Å². The van der Waals surface area contributed by atoms with E-state index in [9.17, 15) is 4.79 Å². The number of nitrogens with zero attached hydrogens (tertiary/aromatic N) is 1. The first-order valence-corrected chi connectivity index (χ1v) is 4.35.